The summed E-state index contributed by atoms with van der Waals surface area (Å²) in [6.45, 7) is 14.1. The predicted octanol–water partition coefficient (Wildman–Crippen LogP) is 10.8. The molecule has 0 unspecified atom stereocenters. The molecule has 2 aromatic carbocycles. The number of carbonyl (C=O) groups is 2. The third-order valence-corrected chi connectivity index (χ3v) is 6.64. The van der Waals surface area contributed by atoms with Gasteiger partial charge in [0.1, 0.15) is 4.88 Å². The van der Waals surface area contributed by atoms with E-state index in [-0.39, 0.29) is 11.8 Å². The summed E-state index contributed by atoms with van der Waals surface area (Å²) in [6, 6.07) is 12.1. The van der Waals surface area contributed by atoms with Crippen LogP contribution in [0.15, 0.2) is 54.6 Å². The van der Waals surface area contributed by atoms with Gasteiger partial charge in [0.05, 0.1) is 16.3 Å². The molecule has 38 heavy (non-hydrogen) atoms. The fourth-order valence-electron chi connectivity index (χ4n) is 3.17. The number of aryl methyl sites for hydroxylation is 1. The van der Waals surface area contributed by atoms with E-state index in [4.69, 9.17) is 23.2 Å². The van der Waals surface area contributed by atoms with Crippen LogP contribution in [0, 0.1) is 6.92 Å². The SMILES string of the molecule is CC.CC.CCC.Cc1ccc(NC(=O)c2sc3c(c2Cl)C=CCC=C3)c(C(=O)Nc2ccc(Cl)cc2)c1. The molecule has 0 spiro atoms. The molecule has 0 fully saturated rings. The van der Waals surface area contributed by atoms with Gasteiger partial charge < -0.3 is 10.6 Å². The standard InChI is InChI=1S/C24H18Cl2N2O2S.C3H8.2C2H6/c1-14-7-12-19(18(13-14)23(29)27-16-10-8-15(25)9-11-16)28-24(30)22-21(26)17-5-3-2-4-6-20(17)31-22;1-3-2;2*1-2/h3-13H,2H2,1H3,(H,27,29)(H,28,30);3H2,1-2H3;2*1-2H3. The fraction of sp³-hybridized carbons (Fsp3) is 0.290. The quantitative estimate of drug-likeness (QED) is 0.326. The number of allylic oxidation sites excluding steroid dienone is 2. The zero-order valence-electron chi connectivity index (χ0n) is 23.2. The molecule has 0 bridgehead atoms. The van der Waals surface area contributed by atoms with Gasteiger partial charge in [0.15, 0.2) is 0 Å². The van der Waals surface area contributed by atoms with E-state index in [0.717, 1.165) is 22.4 Å². The maximum absolute atomic E-state index is 13.0. The monoisotopic (exact) mass is 572 g/mol. The maximum atomic E-state index is 13.0. The largest absolute Gasteiger partial charge is 0.322 e. The van der Waals surface area contributed by atoms with E-state index in [1.165, 1.54) is 17.8 Å². The van der Waals surface area contributed by atoms with E-state index in [9.17, 15) is 9.59 Å². The van der Waals surface area contributed by atoms with Crippen LogP contribution >= 0.6 is 34.5 Å². The van der Waals surface area contributed by atoms with E-state index in [0.29, 0.717) is 31.9 Å². The third kappa shape index (κ3) is 9.46. The van der Waals surface area contributed by atoms with Gasteiger partial charge in [0, 0.05) is 21.2 Å². The number of benzene rings is 2. The number of nitrogens with one attached hydrogen (secondary N) is 2. The Morgan fingerprint density at radius 3 is 2.11 bits per heavy atom. The van der Waals surface area contributed by atoms with Gasteiger partial charge in [-0.25, -0.2) is 0 Å². The summed E-state index contributed by atoms with van der Waals surface area (Å²) < 4.78 is 0. The van der Waals surface area contributed by atoms with Gasteiger partial charge in [0.25, 0.3) is 11.8 Å². The smallest absolute Gasteiger partial charge is 0.267 e. The van der Waals surface area contributed by atoms with E-state index in [1.54, 1.807) is 36.4 Å². The fourth-order valence-corrected chi connectivity index (χ4v) is 4.73. The summed E-state index contributed by atoms with van der Waals surface area (Å²) in [7, 11) is 0. The highest BCUT2D eigenvalue weighted by Gasteiger charge is 2.22. The Bertz CT molecular complexity index is 1250. The highest BCUT2D eigenvalue weighted by molar-refractivity contribution is 7.16. The zero-order chi connectivity index (χ0) is 28.7. The molecule has 0 saturated carbocycles. The molecule has 7 heteroatoms. The van der Waals surface area contributed by atoms with Crippen molar-refractivity contribution in [1.82, 2.24) is 0 Å². The second-order valence-corrected chi connectivity index (χ2v) is 9.60. The molecule has 204 valence electrons. The number of halogens is 2. The van der Waals surface area contributed by atoms with Crippen LogP contribution in [0.3, 0.4) is 0 Å². The molecule has 1 aliphatic rings. The topological polar surface area (TPSA) is 58.2 Å². The van der Waals surface area contributed by atoms with Crippen LogP contribution in [0.1, 0.15) is 90.4 Å². The highest BCUT2D eigenvalue weighted by Crippen LogP contribution is 2.37. The molecule has 1 aliphatic carbocycles. The van der Waals surface area contributed by atoms with Crippen LogP contribution in [0.4, 0.5) is 11.4 Å². The molecule has 2 N–H and O–H groups in total. The Morgan fingerprint density at radius 1 is 0.868 bits per heavy atom. The van der Waals surface area contributed by atoms with Gasteiger partial charge in [-0.15, -0.1) is 11.3 Å². The van der Waals surface area contributed by atoms with Crippen molar-refractivity contribution in [3.63, 3.8) is 0 Å². The average molecular weight is 574 g/mol. The first-order valence-corrected chi connectivity index (χ1v) is 14.6. The minimum atomic E-state index is -0.353. The van der Waals surface area contributed by atoms with Gasteiger partial charge in [-0.2, -0.15) is 0 Å². The molecule has 4 rings (SSSR count). The molecular weight excluding hydrogens is 535 g/mol. The van der Waals surface area contributed by atoms with Crippen molar-refractivity contribution in [1.29, 1.82) is 0 Å². The minimum absolute atomic E-state index is 0.333. The Balaban J connectivity index is 0.000000944. The van der Waals surface area contributed by atoms with Crippen LogP contribution in [0.25, 0.3) is 12.2 Å². The molecule has 3 aromatic rings. The number of anilines is 2. The second-order valence-electron chi connectivity index (χ2n) is 7.73. The number of amides is 2. The number of hydrogen-bond acceptors (Lipinski definition) is 3. The normalized spacial score (nSPS) is 10.8. The predicted molar refractivity (Wildman–Crippen MR) is 169 cm³/mol. The maximum Gasteiger partial charge on any atom is 0.267 e. The van der Waals surface area contributed by atoms with Gasteiger partial charge in [-0.05, 0) is 55.8 Å². The van der Waals surface area contributed by atoms with Crippen molar-refractivity contribution in [2.24, 2.45) is 0 Å². The summed E-state index contributed by atoms with van der Waals surface area (Å²) in [4.78, 5) is 27.3. The number of rotatable bonds is 4. The lowest BCUT2D eigenvalue weighted by Crippen LogP contribution is -2.18. The lowest BCUT2D eigenvalue weighted by molar-refractivity contribution is 0.102. The first-order valence-electron chi connectivity index (χ1n) is 13.0. The molecule has 2 amide bonds. The van der Waals surface area contributed by atoms with E-state index < -0.39 is 0 Å². The Morgan fingerprint density at radius 2 is 1.47 bits per heavy atom. The average Bonchev–Trinajstić information content (AvgIpc) is 3.07. The lowest BCUT2D eigenvalue weighted by atomic mass is 10.1. The Kier molecular flexibility index (Phi) is 15.4. The van der Waals surface area contributed by atoms with Crippen LogP contribution in [0.5, 0.6) is 0 Å². The van der Waals surface area contributed by atoms with Crippen molar-refractivity contribution in [3.8, 4) is 0 Å². The minimum Gasteiger partial charge on any atom is -0.322 e. The van der Waals surface area contributed by atoms with Crippen molar-refractivity contribution in [2.45, 2.75) is 61.3 Å². The molecule has 0 radical (unpaired) electrons. The molecule has 1 aromatic heterocycles. The van der Waals surface area contributed by atoms with Gasteiger partial charge in [-0.1, -0.05) is 101 Å². The Labute approximate surface area is 241 Å². The number of thiophene rings is 1. The summed E-state index contributed by atoms with van der Waals surface area (Å²) in [5.41, 5.74) is 3.12. The summed E-state index contributed by atoms with van der Waals surface area (Å²) in [5, 5.41) is 6.68. The first-order chi connectivity index (χ1) is 18.3. The molecule has 0 saturated heterocycles. The van der Waals surface area contributed by atoms with Crippen LogP contribution in [-0.4, -0.2) is 11.8 Å². The van der Waals surface area contributed by atoms with Crippen molar-refractivity contribution in [3.05, 3.63) is 91.1 Å². The van der Waals surface area contributed by atoms with E-state index in [2.05, 4.69) is 24.5 Å². The molecule has 1 heterocycles. The first kappa shape index (κ1) is 33.2. The van der Waals surface area contributed by atoms with Crippen LogP contribution in [0.2, 0.25) is 10.0 Å². The molecule has 4 nitrogen and oxygen atoms in total. The van der Waals surface area contributed by atoms with E-state index >= 15 is 0 Å². The molecule has 0 aliphatic heterocycles. The highest BCUT2D eigenvalue weighted by atomic mass is 35.5. The zero-order valence-corrected chi connectivity index (χ0v) is 25.6. The van der Waals surface area contributed by atoms with Crippen molar-refractivity contribution >= 4 is 69.9 Å². The van der Waals surface area contributed by atoms with Gasteiger partial charge in [0.2, 0.25) is 0 Å². The summed E-state index contributed by atoms with van der Waals surface area (Å²) >= 11 is 13.7. The van der Waals surface area contributed by atoms with E-state index in [1.807, 2.05) is 65.0 Å². The van der Waals surface area contributed by atoms with Crippen molar-refractivity contribution < 1.29 is 9.59 Å². The second kappa shape index (κ2) is 17.6. The summed E-state index contributed by atoms with van der Waals surface area (Å²) in [6.07, 6.45) is 10.0. The lowest BCUT2D eigenvalue weighted by Gasteiger charge is -2.12. The Hall–Kier alpha value is -2.86. The van der Waals surface area contributed by atoms with Gasteiger partial charge >= 0.3 is 0 Å². The summed E-state index contributed by atoms with van der Waals surface area (Å²) in [5.74, 6) is -0.686. The molecule has 0 atom stereocenters. The third-order valence-electron chi connectivity index (χ3n) is 4.72. The number of carbonyl (C=O) groups excluding carboxylic acids is 2. The van der Waals surface area contributed by atoms with Gasteiger partial charge in [-0.3, -0.25) is 9.59 Å². The molecular formula is C31H38Cl2N2O2S. The van der Waals surface area contributed by atoms with Crippen LogP contribution in [-0.2, 0) is 0 Å². The number of hydrogen-bond donors (Lipinski definition) is 2. The number of fused-ring (bicyclic) bond motifs is 1. The van der Waals surface area contributed by atoms with Crippen molar-refractivity contribution in [2.75, 3.05) is 10.6 Å². The van der Waals surface area contributed by atoms with Crippen LogP contribution < -0.4 is 10.6 Å².